The molecule has 1 aromatic rings. The van der Waals surface area contributed by atoms with Gasteiger partial charge in [-0.05, 0) is 32.0 Å². The molecule has 1 aliphatic heterocycles. The highest BCUT2D eigenvalue weighted by Gasteiger charge is 2.36. The zero-order chi connectivity index (χ0) is 17.0. The highest BCUT2D eigenvalue weighted by molar-refractivity contribution is 9.10. The fourth-order valence-electron chi connectivity index (χ4n) is 2.43. The third-order valence-electron chi connectivity index (χ3n) is 3.61. The molecule has 0 bridgehead atoms. The SMILES string of the molecule is CCOC(=O)C(C)NC(=O)C1CC(=O)N(c2cccc(Br)c2)C1. The molecule has 2 amide bonds. The molecule has 7 heteroatoms. The predicted octanol–water partition coefficient (Wildman–Crippen LogP) is 1.87. The smallest absolute Gasteiger partial charge is 0.328 e. The maximum Gasteiger partial charge on any atom is 0.328 e. The minimum atomic E-state index is -0.725. The maximum atomic E-state index is 12.2. The number of esters is 1. The molecule has 1 fully saturated rings. The van der Waals surface area contributed by atoms with Crippen LogP contribution in [-0.4, -0.2) is 37.0 Å². The van der Waals surface area contributed by atoms with E-state index in [4.69, 9.17) is 4.74 Å². The Labute approximate surface area is 143 Å². The Kier molecular flexibility index (Phi) is 5.76. The lowest BCUT2D eigenvalue weighted by Crippen LogP contribution is -2.43. The molecule has 2 rings (SSSR count). The van der Waals surface area contributed by atoms with Crippen LogP contribution in [0.3, 0.4) is 0 Å². The number of hydrogen-bond donors (Lipinski definition) is 1. The van der Waals surface area contributed by atoms with E-state index >= 15 is 0 Å². The van der Waals surface area contributed by atoms with Crippen LogP contribution in [-0.2, 0) is 19.1 Å². The Hall–Kier alpha value is -1.89. The quantitative estimate of drug-likeness (QED) is 0.788. The average Bonchev–Trinajstić information content (AvgIpc) is 2.89. The number of carbonyl (C=O) groups excluding carboxylic acids is 3. The lowest BCUT2D eigenvalue weighted by Gasteiger charge is -2.18. The number of carbonyl (C=O) groups is 3. The van der Waals surface area contributed by atoms with Crippen molar-refractivity contribution in [2.75, 3.05) is 18.1 Å². The van der Waals surface area contributed by atoms with Crippen LogP contribution in [0.4, 0.5) is 5.69 Å². The molecule has 1 saturated heterocycles. The highest BCUT2D eigenvalue weighted by Crippen LogP contribution is 2.27. The van der Waals surface area contributed by atoms with Gasteiger partial charge in [0.15, 0.2) is 0 Å². The van der Waals surface area contributed by atoms with E-state index in [2.05, 4.69) is 21.2 Å². The van der Waals surface area contributed by atoms with E-state index in [0.29, 0.717) is 6.54 Å². The molecule has 1 aromatic carbocycles. The number of anilines is 1. The van der Waals surface area contributed by atoms with Crippen LogP contribution in [0.25, 0.3) is 0 Å². The molecule has 6 nitrogen and oxygen atoms in total. The molecule has 2 unspecified atom stereocenters. The van der Waals surface area contributed by atoms with Crippen molar-refractivity contribution in [2.45, 2.75) is 26.3 Å². The number of halogens is 1. The third kappa shape index (κ3) is 4.31. The van der Waals surface area contributed by atoms with E-state index < -0.39 is 17.9 Å². The molecule has 1 aliphatic rings. The summed E-state index contributed by atoms with van der Waals surface area (Å²) in [7, 11) is 0. The van der Waals surface area contributed by atoms with Crippen LogP contribution in [0, 0.1) is 5.92 Å². The molecule has 1 heterocycles. The summed E-state index contributed by atoms with van der Waals surface area (Å²) in [6.45, 7) is 3.84. The second kappa shape index (κ2) is 7.59. The summed E-state index contributed by atoms with van der Waals surface area (Å²) in [6.07, 6.45) is 0.133. The first kappa shape index (κ1) is 17.5. The molecule has 0 aliphatic carbocycles. The van der Waals surface area contributed by atoms with Gasteiger partial charge in [-0.15, -0.1) is 0 Å². The van der Waals surface area contributed by atoms with Crippen molar-refractivity contribution in [2.24, 2.45) is 5.92 Å². The topological polar surface area (TPSA) is 75.7 Å². The largest absolute Gasteiger partial charge is 0.464 e. The van der Waals surface area contributed by atoms with Gasteiger partial charge < -0.3 is 15.0 Å². The van der Waals surface area contributed by atoms with Gasteiger partial charge in [-0.1, -0.05) is 22.0 Å². The van der Waals surface area contributed by atoms with Crippen molar-refractivity contribution in [1.82, 2.24) is 5.32 Å². The van der Waals surface area contributed by atoms with Gasteiger partial charge in [-0.3, -0.25) is 9.59 Å². The van der Waals surface area contributed by atoms with E-state index in [1.807, 2.05) is 24.3 Å². The zero-order valence-electron chi connectivity index (χ0n) is 13.0. The van der Waals surface area contributed by atoms with Crippen LogP contribution < -0.4 is 10.2 Å². The Morgan fingerprint density at radius 2 is 2.22 bits per heavy atom. The summed E-state index contributed by atoms with van der Waals surface area (Å²) >= 11 is 3.37. The minimum absolute atomic E-state index is 0.105. The minimum Gasteiger partial charge on any atom is -0.464 e. The van der Waals surface area contributed by atoms with E-state index in [1.165, 1.54) is 0 Å². The average molecular weight is 383 g/mol. The number of nitrogens with zero attached hydrogens (tertiary/aromatic N) is 1. The monoisotopic (exact) mass is 382 g/mol. The lowest BCUT2D eigenvalue weighted by molar-refractivity contribution is -0.147. The van der Waals surface area contributed by atoms with Gasteiger partial charge in [0.05, 0.1) is 12.5 Å². The standard InChI is InChI=1S/C16H19BrN2O4/c1-3-23-16(22)10(2)18-15(21)11-7-14(20)19(9-11)13-6-4-5-12(17)8-13/h4-6,8,10-11H,3,7,9H2,1-2H3,(H,18,21). The number of hydrogen-bond acceptors (Lipinski definition) is 4. The number of rotatable bonds is 5. The van der Waals surface area contributed by atoms with Gasteiger partial charge in [0.2, 0.25) is 11.8 Å². The molecule has 2 atom stereocenters. The van der Waals surface area contributed by atoms with Gasteiger partial charge >= 0.3 is 5.97 Å². The van der Waals surface area contributed by atoms with Crippen molar-refractivity contribution in [1.29, 1.82) is 0 Å². The summed E-state index contributed by atoms with van der Waals surface area (Å²) in [5.74, 6) is -1.36. The number of amides is 2. The molecule has 0 aromatic heterocycles. The van der Waals surface area contributed by atoms with Gasteiger partial charge in [0.25, 0.3) is 0 Å². The third-order valence-corrected chi connectivity index (χ3v) is 4.11. The van der Waals surface area contributed by atoms with Gasteiger partial charge in [-0.25, -0.2) is 4.79 Å². The fraction of sp³-hybridized carbons (Fsp3) is 0.438. The number of benzene rings is 1. The van der Waals surface area contributed by atoms with Crippen molar-refractivity contribution in [3.05, 3.63) is 28.7 Å². The molecule has 0 saturated carbocycles. The number of ether oxygens (including phenoxy) is 1. The van der Waals surface area contributed by atoms with Crippen LogP contribution in [0.5, 0.6) is 0 Å². The highest BCUT2D eigenvalue weighted by atomic mass is 79.9. The van der Waals surface area contributed by atoms with Crippen LogP contribution >= 0.6 is 15.9 Å². The predicted molar refractivity (Wildman–Crippen MR) is 88.8 cm³/mol. The first-order valence-electron chi connectivity index (χ1n) is 7.45. The molecule has 1 N–H and O–H groups in total. The molecular formula is C16H19BrN2O4. The van der Waals surface area contributed by atoms with E-state index in [-0.39, 0.29) is 24.8 Å². The maximum absolute atomic E-state index is 12.2. The van der Waals surface area contributed by atoms with Crippen molar-refractivity contribution in [3.63, 3.8) is 0 Å². The number of nitrogens with one attached hydrogen (secondary N) is 1. The molecular weight excluding hydrogens is 364 g/mol. The van der Waals surface area contributed by atoms with Crippen LogP contribution in [0.2, 0.25) is 0 Å². The van der Waals surface area contributed by atoms with Crippen molar-refractivity contribution < 1.29 is 19.1 Å². The summed E-state index contributed by atoms with van der Waals surface area (Å²) in [5, 5.41) is 2.61. The lowest BCUT2D eigenvalue weighted by atomic mass is 10.1. The first-order chi connectivity index (χ1) is 10.9. The van der Waals surface area contributed by atoms with Gasteiger partial charge in [-0.2, -0.15) is 0 Å². The Morgan fingerprint density at radius 1 is 1.48 bits per heavy atom. The first-order valence-corrected chi connectivity index (χ1v) is 8.24. The van der Waals surface area contributed by atoms with Gasteiger partial charge in [0.1, 0.15) is 6.04 Å². The van der Waals surface area contributed by atoms with E-state index in [0.717, 1.165) is 10.2 Å². The fourth-order valence-corrected chi connectivity index (χ4v) is 2.82. The Morgan fingerprint density at radius 3 is 2.87 bits per heavy atom. The second-order valence-electron chi connectivity index (χ2n) is 5.37. The molecule has 23 heavy (non-hydrogen) atoms. The normalized spacial score (nSPS) is 18.7. The second-order valence-corrected chi connectivity index (χ2v) is 6.28. The summed E-state index contributed by atoms with van der Waals surface area (Å²) in [6, 6.07) is 6.64. The van der Waals surface area contributed by atoms with E-state index in [9.17, 15) is 14.4 Å². The van der Waals surface area contributed by atoms with Crippen LogP contribution in [0.15, 0.2) is 28.7 Å². The van der Waals surface area contributed by atoms with Crippen molar-refractivity contribution >= 4 is 39.4 Å². The van der Waals surface area contributed by atoms with E-state index in [1.54, 1.807) is 18.7 Å². The Bertz CT molecular complexity index is 620. The zero-order valence-corrected chi connectivity index (χ0v) is 14.6. The molecule has 0 radical (unpaired) electrons. The summed E-state index contributed by atoms with van der Waals surface area (Å²) in [5.41, 5.74) is 0.748. The van der Waals surface area contributed by atoms with Crippen LogP contribution in [0.1, 0.15) is 20.3 Å². The Balaban J connectivity index is 1.99. The molecule has 0 spiro atoms. The summed E-state index contributed by atoms with van der Waals surface area (Å²) < 4.78 is 5.72. The van der Waals surface area contributed by atoms with Gasteiger partial charge in [0, 0.05) is 23.1 Å². The summed E-state index contributed by atoms with van der Waals surface area (Å²) in [4.78, 5) is 37.6. The molecule has 124 valence electrons. The van der Waals surface area contributed by atoms with Crippen molar-refractivity contribution in [3.8, 4) is 0 Å².